The number of carbonyl (C=O) groups is 1. The Kier molecular flexibility index (Phi) is 6.14. The van der Waals surface area contributed by atoms with Gasteiger partial charge in [0.25, 0.3) is 0 Å². The first kappa shape index (κ1) is 21.2. The lowest BCUT2D eigenvalue weighted by molar-refractivity contribution is 0.101. The lowest BCUT2D eigenvalue weighted by Crippen LogP contribution is -2.29. The molecule has 5 heteroatoms. The number of Topliss-reactive ketones (excluding diaryl/α,β-unsaturated/α-hetero) is 1. The number of hydrogen-bond donors (Lipinski definition) is 0. The van der Waals surface area contributed by atoms with E-state index < -0.39 is 0 Å². The molecule has 5 nitrogen and oxygen atoms in total. The van der Waals surface area contributed by atoms with Gasteiger partial charge in [-0.05, 0) is 63.0 Å². The van der Waals surface area contributed by atoms with E-state index in [4.69, 9.17) is 14.2 Å². The van der Waals surface area contributed by atoms with Gasteiger partial charge in [0.15, 0.2) is 5.76 Å². The number of ether oxygens (including phenoxy) is 3. The van der Waals surface area contributed by atoms with Crippen LogP contribution in [0.25, 0.3) is 6.08 Å². The first-order valence-electron chi connectivity index (χ1n) is 10.7. The van der Waals surface area contributed by atoms with Crippen molar-refractivity contribution >= 4 is 11.9 Å². The summed E-state index contributed by atoms with van der Waals surface area (Å²) in [6.45, 7) is 4.07. The third kappa shape index (κ3) is 4.10. The topological polar surface area (TPSA) is 48.0 Å². The van der Waals surface area contributed by atoms with Gasteiger partial charge < -0.3 is 19.1 Å². The highest BCUT2D eigenvalue weighted by molar-refractivity contribution is 6.15. The smallest absolute Gasteiger partial charge is 0.235 e. The second-order valence-corrected chi connectivity index (χ2v) is 8.15. The van der Waals surface area contributed by atoms with Crippen molar-refractivity contribution in [1.29, 1.82) is 0 Å². The number of likely N-dealkylation sites (tertiary alicyclic amines) is 1. The number of hydrogen-bond acceptors (Lipinski definition) is 5. The molecule has 0 amide bonds. The quantitative estimate of drug-likeness (QED) is 0.639. The SMILES string of the molecule is COc1cc(OC)c(C2CCN(C)CC2)c2c1C(=O)/C(=C\C=C/c1ccccc1C)O2. The number of benzene rings is 2. The van der Waals surface area contributed by atoms with E-state index in [9.17, 15) is 4.79 Å². The number of methoxy groups -OCH3 is 2. The second kappa shape index (κ2) is 8.98. The van der Waals surface area contributed by atoms with Crippen LogP contribution in [0.4, 0.5) is 0 Å². The second-order valence-electron chi connectivity index (χ2n) is 8.15. The molecule has 1 saturated heterocycles. The summed E-state index contributed by atoms with van der Waals surface area (Å²) in [4.78, 5) is 15.5. The van der Waals surface area contributed by atoms with Gasteiger partial charge in [-0.1, -0.05) is 36.4 Å². The van der Waals surface area contributed by atoms with E-state index in [2.05, 4.69) is 24.9 Å². The number of piperidine rings is 1. The molecule has 162 valence electrons. The van der Waals surface area contributed by atoms with Crippen LogP contribution in [-0.2, 0) is 0 Å². The molecule has 0 saturated carbocycles. The van der Waals surface area contributed by atoms with Crippen LogP contribution in [0.1, 0.15) is 45.8 Å². The number of allylic oxidation sites excluding steroid dienone is 3. The van der Waals surface area contributed by atoms with E-state index in [-0.39, 0.29) is 11.7 Å². The highest BCUT2D eigenvalue weighted by Gasteiger charge is 2.38. The van der Waals surface area contributed by atoms with Crippen molar-refractivity contribution in [3.05, 3.63) is 70.5 Å². The van der Waals surface area contributed by atoms with Crippen LogP contribution >= 0.6 is 0 Å². The Labute approximate surface area is 183 Å². The van der Waals surface area contributed by atoms with Gasteiger partial charge >= 0.3 is 0 Å². The minimum atomic E-state index is -0.155. The Balaban J connectivity index is 1.71. The van der Waals surface area contributed by atoms with Crippen LogP contribution in [0.15, 0.2) is 48.2 Å². The third-order valence-electron chi connectivity index (χ3n) is 6.19. The molecular weight excluding hydrogens is 390 g/mol. The molecule has 0 unspecified atom stereocenters. The summed E-state index contributed by atoms with van der Waals surface area (Å²) >= 11 is 0. The molecule has 2 heterocycles. The molecule has 2 aliphatic rings. The van der Waals surface area contributed by atoms with Crippen molar-refractivity contribution in [3.63, 3.8) is 0 Å². The maximum absolute atomic E-state index is 13.2. The first-order valence-corrected chi connectivity index (χ1v) is 10.7. The summed E-state index contributed by atoms with van der Waals surface area (Å²) in [6, 6.07) is 9.93. The molecule has 0 bridgehead atoms. The monoisotopic (exact) mass is 419 g/mol. The molecule has 1 fully saturated rings. The Hall–Kier alpha value is -3.05. The van der Waals surface area contributed by atoms with Crippen LogP contribution in [0.3, 0.4) is 0 Å². The van der Waals surface area contributed by atoms with Gasteiger partial charge in [-0.3, -0.25) is 4.79 Å². The number of aryl methyl sites for hydroxylation is 1. The Morgan fingerprint density at radius 1 is 1.10 bits per heavy atom. The molecule has 0 aromatic heterocycles. The molecule has 0 spiro atoms. The van der Waals surface area contributed by atoms with Gasteiger partial charge in [-0.2, -0.15) is 0 Å². The molecular formula is C26H29NO4. The minimum Gasteiger partial charge on any atom is -0.496 e. The fourth-order valence-electron chi connectivity index (χ4n) is 4.36. The van der Waals surface area contributed by atoms with Crippen LogP contribution in [-0.4, -0.2) is 45.0 Å². The predicted molar refractivity (Wildman–Crippen MR) is 122 cm³/mol. The Bertz CT molecular complexity index is 1050. The van der Waals surface area contributed by atoms with Crippen molar-refractivity contribution < 1.29 is 19.0 Å². The van der Waals surface area contributed by atoms with Crippen molar-refractivity contribution in [2.75, 3.05) is 34.4 Å². The van der Waals surface area contributed by atoms with Gasteiger partial charge in [-0.15, -0.1) is 0 Å². The molecule has 2 aromatic rings. The number of ketones is 1. The average Bonchev–Trinajstić information content (AvgIpc) is 3.11. The van der Waals surface area contributed by atoms with E-state index in [1.54, 1.807) is 20.3 Å². The average molecular weight is 420 g/mol. The molecule has 31 heavy (non-hydrogen) atoms. The minimum absolute atomic E-state index is 0.155. The molecule has 2 aromatic carbocycles. The summed E-state index contributed by atoms with van der Waals surface area (Å²) in [5.41, 5.74) is 3.75. The van der Waals surface area contributed by atoms with Crippen LogP contribution in [0.5, 0.6) is 17.2 Å². The van der Waals surface area contributed by atoms with E-state index in [0.29, 0.717) is 22.8 Å². The highest BCUT2D eigenvalue weighted by atomic mass is 16.5. The predicted octanol–water partition coefficient (Wildman–Crippen LogP) is 4.99. The van der Waals surface area contributed by atoms with Crippen LogP contribution in [0.2, 0.25) is 0 Å². The Morgan fingerprint density at radius 2 is 1.81 bits per heavy atom. The van der Waals surface area contributed by atoms with Crippen molar-refractivity contribution in [2.24, 2.45) is 0 Å². The van der Waals surface area contributed by atoms with Gasteiger partial charge in [0, 0.05) is 11.6 Å². The fraction of sp³-hybridized carbons (Fsp3) is 0.346. The molecule has 0 atom stereocenters. The van der Waals surface area contributed by atoms with Crippen molar-refractivity contribution in [1.82, 2.24) is 4.90 Å². The lowest BCUT2D eigenvalue weighted by Gasteiger charge is -2.30. The Morgan fingerprint density at radius 3 is 2.48 bits per heavy atom. The highest BCUT2D eigenvalue weighted by Crippen LogP contribution is 2.50. The van der Waals surface area contributed by atoms with Crippen molar-refractivity contribution in [2.45, 2.75) is 25.7 Å². The third-order valence-corrected chi connectivity index (χ3v) is 6.19. The van der Waals surface area contributed by atoms with Gasteiger partial charge in [0.2, 0.25) is 5.78 Å². The van der Waals surface area contributed by atoms with Crippen LogP contribution < -0.4 is 14.2 Å². The van der Waals surface area contributed by atoms with E-state index in [1.807, 2.05) is 36.4 Å². The maximum atomic E-state index is 13.2. The van der Waals surface area contributed by atoms with Gasteiger partial charge in [0.1, 0.15) is 22.8 Å². The maximum Gasteiger partial charge on any atom is 0.235 e. The molecule has 0 aliphatic carbocycles. The molecule has 2 aliphatic heterocycles. The zero-order valence-electron chi connectivity index (χ0n) is 18.6. The summed E-state index contributed by atoms with van der Waals surface area (Å²) in [6.07, 6.45) is 7.57. The summed E-state index contributed by atoms with van der Waals surface area (Å²) in [5.74, 6) is 2.22. The van der Waals surface area contributed by atoms with E-state index >= 15 is 0 Å². The summed E-state index contributed by atoms with van der Waals surface area (Å²) < 4.78 is 17.4. The van der Waals surface area contributed by atoms with Gasteiger partial charge in [-0.25, -0.2) is 0 Å². The van der Waals surface area contributed by atoms with Crippen molar-refractivity contribution in [3.8, 4) is 17.2 Å². The number of carbonyl (C=O) groups excluding carboxylic acids is 1. The zero-order chi connectivity index (χ0) is 22.0. The standard InChI is InChI=1S/C26H29NO4/c1-17-8-5-6-9-18(17)10-7-11-20-25(28)24-22(30-4)16-21(29-3)23(26(24)31-20)19-12-14-27(2)15-13-19/h5-11,16,19H,12-15H2,1-4H3/b10-7-,20-11+. The fourth-order valence-corrected chi connectivity index (χ4v) is 4.36. The zero-order valence-corrected chi connectivity index (χ0v) is 18.6. The molecule has 0 radical (unpaired) electrons. The molecule has 4 rings (SSSR count). The number of nitrogens with zero attached hydrogens (tertiary/aromatic N) is 1. The summed E-state index contributed by atoms with van der Waals surface area (Å²) in [7, 11) is 5.35. The lowest BCUT2D eigenvalue weighted by atomic mass is 9.86. The van der Waals surface area contributed by atoms with Crippen LogP contribution in [0, 0.1) is 6.92 Å². The number of fused-ring (bicyclic) bond motifs is 1. The van der Waals surface area contributed by atoms with E-state index in [1.165, 1.54) is 5.56 Å². The first-order chi connectivity index (χ1) is 15.0. The van der Waals surface area contributed by atoms with Gasteiger partial charge in [0.05, 0.1) is 14.2 Å². The number of rotatable bonds is 5. The summed E-state index contributed by atoms with van der Waals surface area (Å²) in [5, 5.41) is 0. The molecule has 0 N–H and O–H groups in total. The van der Waals surface area contributed by atoms with E-state index in [0.717, 1.165) is 42.8 Å². The largest absolute Gasteiger partial charge is 0.496 e. The normalized spacial score (nSPS) is 18.5.